The molecular formula is C85H98Cl4N14O26. The van der Waals surface area contributed by atoms with E-state index < -0.39 is 254 Å². The first-order valence-electron chi connectivity index (χ1n) is 40.8. The molecule has 0 spiro atoms. The molecule has 6 aromatic carbocycles. The highest BCUT2D eigenvalue weighted by molar-refractivity contribution is 6.42. The molecule has 2 saturated heterocycles. The Kier molecular flexibility index (Phi) is 31.4. The highest BCUT2D eigenvalue weighted by Gasteiger charge is 2.52. The van der Waals surface area contributed by atoms with Gasteiger partial charge in [-0.3, -0.25) is 52.6 Å². The van der Waals surface area contributed by atoms with Crippen molar-refractivity contribution in [3.8, 4) is 57.1 Å². The minimum absolute atomic E-state index is 0.0407. The molecule has 0 aliphatic carbocycles. The molecule has 18 atom stereocenters. The number of phenols is 3. The fraction of sp³-hybridized carbons (Fsp3) is 0.424. The summed E-state index contributed by atoms with van der Waals surface area (Å²) in [5, 5.41) is 131. The Morgan fingerprint density at radius 3 is 2.01 bits per heavy atom. The normalized spacial score (nSPS) is 25.6. The number of aliphatic hydroxyl groups excluding tert-OH is 6. The molecule has 44 heteroatoms. The van der Waals surface area contributed by atoms with E-state index in [2.05, 4.69) is 58.3 Å². The van der Waals surface area contributed by atoms with E-state index in [1.807, 2.05) is 18.7 Å². The summed E-state index contributed by atoms with van der Waals surface area (Å²) >= 11 is 26.6. The average Bonchev–Trinajstić information content (AvgIpc) is 0.767. The van der Waals surface area contributed by atoms with Crippen LogP contribution in [0.25, 0.3) is 11.1 Å². The predicted molar refractivity (Wildman–Crippen MR) is 460 cm³/mol. The number of benzene rings is 6. The molecule has 129 heavy (non-hydrogen) atoms. The van der Waals surface area contributed by atoms with Crippen molar-refractivity contribution in [3.63, 3.8) is 0 Å². The molecule has 14 rings (SSSR count). The molecule has 7 aliphatic heterocycles. The molecule has 7 aromatic rings. The number of nitrogens with one attached hydrogen (secondary N) is 10. The summed E-state index contributed by atoms with van der Waals surface area (Å²) in [5.41, 5.74) is 3.79. The van der Waals surface area contributed by atoms with Crippen molar-refractivity contribution in [2.45, 2.75) is 176 Å². The fourth-order valence-electron chi connectivity index (χ4n) is 15.4. The van der Waals surface area contributed by atoms with Gasteiger partial charge in [-0.05, 0) is 166 Å². The number of carbonyl (C=O) groups is 9. The van der Waals surface area contributed by atoms with E-state index in [9.17, 15) is 69.9 Å². The maximum absolute atomic E-state index is 16.4. The number of likely N-dealkylation sites (N-methyl/N-ethyl adjacent to an activating group) is 1. The van der Waals surface area contributed by atoms with Crippen LogP contribution in [0.3, 0.4) is 0 Å². The molecule has 692 valence electrons. The summed E-state index contributed by atoms with van der Waals surface area (Å²) in [5.74, 6) is -16.0. The predicted octanol–water partition coefficient (Wildman–Crippen LogP) is 2.40. The lowest BCUT2D eigenvalue weighted by molar-refractivity contribution is -0.334. The molecular weight excluding hydrogens is 1770 g/mol. The number of aromatic nitrogens is 2. The van der Waals surface area contributed by atoms with E-state index in [0.717, 1.165) is 66.7 Å². The monoisotopic (exact) mass is 1870 g/mol. The van der Waals surface area contributed by atoms with Crippen molar-refractivity contribution in [3.05, 3.63) is 173 Å². The number of nitrogens with two attached hydrogens (primary N) is 1. The van der Waals surface area contributed by atoms with Crippen LogP contribution in [-0.2, 0) is 75.2 Å². The van der Waals surface area contributed by atoms with Gasteiger partial charge < -0.3 is 133 Å². The number of primary amides is 1. The summed E-state index contributed by atoms with van der Waals surface area (Å²) in [7, 11) is 5.05. The first kappa shape index (κ1) is 96.9. The number of hydrogen-bond donors (Lipinski definition) is 20. The number of phenolic OH excluding ortho intramolecular Hbond substituents is 3. The van der Waals surface area contributed by atoms with E-state index in [-0.39, 0.29) is 78.2 Å². The van der Waals surface area contributed by atoms with E-state index in [4.69, 9.17) is 85.4 Å². The standard InChI is InChI=1S/C85H98Cl4N14O26/c1-36(2)23-50(91-5)76(115)99-67-69(110)40-11-15-54(48(88)27-40)125-56-29-42-30-57(73(56)129-83-74(72(113)71(112)58(35-104)127-83)128-62-34-85(4,75(114)37(3)124-62)92-18-21-103-20-17-60(95-84(103)122)94-61(109)25-38-9-13-46(86)47(87)24-38)126-55-16-12-41(28-49(55)89)70(111)68-81(120)98-66(82(121)101-123-22-8-19-102(6)7)45-31-43(105)32-53(107)63(45)44-26-39(10-14-52(44)106)64(78(117)100-68)97-79(118)65(42)96-77(116)51(33-59(90)108)93-80(67)119/h9-17,20,24,26-32,36-37,50-51,58,62,64-72,74-75,83,91-92,104-107,110-114H,8,18-19,21-23,25,33-35H2,1-7H3,(H2,90,108)(H,93,119)(H,96,116)(H,97,118)(H,98,120)(H,99,115)(H,100,117)(H,101,121)(H,94,95,109,122)/t37-,50+,51-,58+,62-,64+,65+,66+,67+,68-,69+,70+,71+,72-,74+,75+,83?,85+/m0/s1. The molecule has 1 unspecified atom stereocenters. The lowest BCUT2D eigenvalue weighted by Crippen LogP contribution is -2.65. The second-order valence-corrected chi connectivity index (χ2v) is 34.1. The Hall–Kier alpha value is -11.1. The zero-order chi connectivity index (χ0) is 93.5. The molecule has 7 aliphatic rings. The number of rotatable bonds is 25. The third kappa shape index (κ3) is 22.8. The van der Waals surface area contributed by atoms with Gasteiger partial charge in [0, 0.05) is 48.4 Å². The Balaban J connectivity index is 0.995. The van der Waals surface area contributed by atoms with E-state index in [1.54, 1.807) is 27.1 Å². The SMILES string of the molecule is CN[C@H](CC(C)C)C(=O)N[C@H]1C(=O)N[C@@H](CC(N)=O)C(=O)N[C@H]2C(=O)N[C@H]3C(=O)N[C@H](C(=O)N[C@@H](C(=O)NOCCCN(C)C)c4cc(O)cc(O)c4-c4cc3ccc4O)[C@H](O)c3ccc(c(Cl)c3)Oc3cc2cc(c3OC2O[C@H](CO)[C@@H](O)[C@H](O)[C@H]2O[C@H]2C[C@@](C)(NCCn3ccc(NC(=O)Cc4ccc(Cl)c(Cl)c4)nc3=O)[C@H](O)[C@H](C)O2)Oc2ccc(cc2Cl)[C@H]1O. The fourth-order valence-corrected chi connectivity index (χ4v) is 16.2. The highest BCUT2D eigenvalue weighted by atomic mass is 35.5. The number of hydroxylamine groups is 1. The van der Waals surface area contributed by atoms with Crippen LogP contribution in [0.4, 0.5) is 5.82 Å². The van der Waals surface area contributed by atoms with Gasteiger partial charge in [0.15, 0.2) is 23.9 Å². The van der Waals surface area contributed by atoms with Crippen molar-refractivity contribution >= 4 is 105 Å². The van der Waals surface area contributed by atoms with Crippen LogP contribution in [0.15, 0.2) is 114 Å². The van der Waals surface area contributed by atoms with Crippen molar-refractivity contribution < 1.29 is 122 Å². The largest absolute Gasteiger partial charge is 0.508 e. The number of hydrogen-bond acceptors (Lipinski definition) is 30. The average molecular weight is 1870 g/mol. The second-order valence-electron chi connectivity index (χ2n) is 32.4. The number of ether oxygens (including phenoxy) is 6. The van der Waals surface area contributed by atoms with Crippen LogP contribution >= 0.6 is 46.4 Å². The Morgan fingerprint density at radius 2 is 1.37 bits per heavy atom. The molecule has 21 N–H and O–H groups in total. The van der Waals surface area contributed by atoms with Crippen LogP contribution < -0.4 is 79.0 Å². The summed E-state index contributed by atoms with van der Waals surface area (Å²) in [6.07, 6.45) is -17.9. The third-order valence-corrected chi connectivity index (χ3v) is 23.5. The van der Waals surface area contributed by atoms with Crippen LogP contribution in [0, 0.1) is 5.92 Å². The zero-order valence-corrected chi connectivity index (χ0v) is 73.3. The number of anilines is 1. The number of amides is 9. The summed E-state index contributed by atoms with van der Waals surface area (Å²) in [6, 6.07) is 5.70. The first-order chi connectivity index (χ1) is 61.2. The van der Waals surface area contributed by atoms with Gasteiger partial charge >= 0.3 is 5.69 Å². The van der Waals surface area contributed by atoms with Gasteiger partial charge in [0.25, 0.3) is 5.91 Å². The highest BCUT2D eigenvalue weighted by Crippen LogP contribution is 2.50. The molecule has 8 heterocycles. The van der Waals surface area contributed by atoms with E-state index in [0.29, 0.717) is 23.6 Å². The molecule has 1 aromatic heterocycles. The van der Waals surface area contributed by atoms with Gasteiger partial charge in [0.1, 0.15) is 101 Å². The summed E-state index contributed by atoms with van der Waals surface area (Å²) in [4.78, 5) is 158. The first-order valence-corrected chi connectivity index (χ1v) is 42.3. The van der Waals surface area contributed by atoms with Gasteiger partial charge in [0.05, 0.1) is 64.4 Å². The molecule has 0 radical (unpaired) electrons. The number of aromatic hydroxyl groups is 3. The maximum atomic E-state index is 16.4. The van der Waals surface area contributed by atoms with Gasteiger partial charge in [-0.2, -0.15) is 4.98 Å². The van der Waals surface area contributed by atoms with Gasteiger partial charge in [0.2, 0.25) is 59.3 Å². The second kappa shape index (κ2) is 41.7. The molecule has 0 saturated carbocycles. The minimum Gasteiger partial charge on any atom is -0.508 e. The summed E-state index contributed by atoms with van der Waals surface area (Å²) < 4.78 is 40.7. The summed E-state index contributed by atoms with van der Waals surface area (Å²) in [6.45, 7) is 5.99. The third-order valence-electron chi connectivity index (χ3n) is 22.1. The number of halogens is 4. The molecule has 40 nitrogen and oxygen atoms in total. The van der Waals surface area contributed by atoms with Crippen LogP contribution in [0.1, 0.15) is 117 Å². The Bertz CT molecular complexity index is 5470. The smallest absolute Gasteiger partial charge is 0.349 e. The molecule has 9 amide bonds. The van der Waals surface area contributed by atoms with Gasteiger partial charge in [-0.25, -0.2) is 10.3 Å². The lowest BCUT2D eigenvalue weighted by Gasteiger charge is -2.48. The molecule has 2 fully saturated rings. The zero-order valence-electron chi connectivity index (χ0n) is 70.3. The van der Waals surface area contributed by atoms with E-state index >= 15 is 24.0 Å². The van der Waals surface area contributed by atoms with Gasteiger partial charge in [-0.1, -0.05) is 84.5 Å². The van der Waals surface area contributed by atoms with Crippen LogP contribution in [-0.4, -0.2) is 240 Å². The molecule has 11 bridgehead atoms. The Labute approximate surface area is 756 Å². The van der Waals surface area contributed by atoms with Crippen LogP contribution in [0.5, 0.6) is 46.0 Å². The quantitative estimate of drug-likeness (QED) is 0.0288. The number of carbonyl (C=O) groups excluding carboxylic acids is 9. The number of fused-ring (bicyclic) bond motifs is 15. The van der Waals surface area contributed by atoms with Crippen LogP contribution in [0.2, 0.25) is 20.1 Å². The van der Waals surface area contributed by atoms with Crippen molar-refractivity contribution in [1.29, 1.82) is 0 Å². The van der Waals surface area contributed by atoms with Crippen molar-refractivity contribution in [2.75, 3.05) is 52.8 Å². The lowest BCUT2D eigenvalue weighted by atomic mass is 9.85. The Morgan fingerprint density at radius 1 is 0.713 bits per heavy atom. The maximum Gasteiger partial charge on any atom is 0.349 e. The van der Waals surface area contributed by atoms with Gasteiger partial charge in [-0.15, -0.1) is 0 Å². The topological polar surface area (TPSA) is 585 Å². The van der Waals surface area contributed by atoms with Crippen molar-refractivity contribution in [2.24, 2.45) is 11.7 Å². The van der Waals surface area contributed by atoms with Crippen molar-refractivity contribution in [1.82, 2.24) is 62.5 Å². The minimum atomic E-state index is -2.40. The number of nitrogens with zero attached hydrogens (tertiary/aromatic N) is 3. The van der Waals surface area contributed by atoms with E-state index in [1.165, 1.54) is 55.1 Å². The number of aliphatic hydroxyl groups is 6.